The van der Waals surface area contributed by atoms with Crippen LogP contribution < -0.4 is 5.73 Å². The number of nitrogens with zero attached hydrogens (tertiary/aromatic N) is 1. The molecule has 0 aliphatic rings. The number of hydrogen-bond acceptors (Lipinski definition) is 4. The van der Waals surface area contributed by atoms with E-state index in [-0.39, 0.29) is 16.6 Å². The molecular weight excluding hydrogens is 276 g/mol. The summed E-state index contributed by atoms with van der Waals surface area (Å²) in [6.07, 6.45) is 0.731. The van der Waals surface area contributed by atoms with Crippen LogP contribution in [0.15, 0.2) is 23.1 Å². The number of nitrogen functional groups attached to an aromatic ring is 1. The second kappa shape index (κ2) is 7.06. The largest absolute Gasteiger partial charge is 0.398 e. The van der Waals surface area contributed by atoms with Crippen molar-refractivity contribution in [3.63, 3.8) is 0 Å². The quantitative estimate of drug-likeness (QED) is 0.782. The molecule has 0 saturated carbocycles. The van der Waals surface area contributed by atoms with Crippen LogP contribution in [-0.2, 0) is 14.8 Å². The van der Waals surface area contributed by atoms with Gasteiger partial charge in [0.25, 0.3) is 0 Å². The van der Waals surface area contributed by atoms with Crippen LogP contribution in [-0.4, -0.2) is 39.0 Å². The number of ether oxygens (including phenoxy) is 1. The van der Waals surface area contributed by atoms with Gasteiger partial charge in [0.1, 0.15) is 4.90 Å². The summed E-state index contributed by atoms with van der Waals surface area (Å²) < 4.78 is 32.0. The highest BCUT2D eigenvalue weighted by Crippen LogP contribution is 2.25. The molecule has 1 aromatic carbocycles. The zero-order valence-electron chi connectivity index (χ0n) is 12.6. The molecule has 0 saturated heterocycles. The van der Waals surface area contributed by atoms with Gasteiger partial charge in [-0.05, 0) is 38.0 Å². The first-order valence-corrected chi connectivity index (χ1v) is 8.15. The Labute approximate surface area is 121 Å². The van der Waals surface area contributed by atoms with Crippen LogP contribution in [0.3, 0.4) is 0 Å². The standard InChI is InChI=1S/C14H24N2O3S/c1-5-12(3)16(8-9-19-4)20(17,18)14-7-6-11(2)10-13(14)15/h6-7,10,12H,5,8-9,15H2,1-4H3. The molecule has 0 aliphatic heterocycles. The Balaban J connectivity index is 3.21. The number of benzene rings is 1. The average molecular weight is 300 g/mol. The summed E-state index contributed by atoms with van der Waals surface area (Å²) in [5, 5.41) is 0. The molecule has 5 nitrogen and oxygen atoms in total. The van der Waals surface area contributed by atoms with Crippen LogP contribution >= 0.6 is 0 Å². The fraction of sp³-hybridized carbons (Fsp3) is 0.571. The zero-order valence-corrected chi connectivity index (χ0v) is 13.4. The molecule has 0 spiro atoms. The van der Waals surface area contributed by atoms with Crippen molar-refractivity contribution < 1.29 is 13.2 Å². The van der Waals surface area contributed by atoms with Crippen LogP contribution in [0.2, 0.25) is 0 Å². The number of sulfonamides is 1. The van der Waals surface area contributed by atoms with E-state index < -0.39 is 10.0 Å². The lowest BCUT2D eigenvalue weighted by Gasteiger charge is -2.28. The van der Waals surface area contributed by atoms with Gasteiger partial charge in [-0.1, -0.05) is 13.0 Å². The van der Waals surface area contributed by atoms with Gasteiger partial charge in [-0.2, -0.15) is 4.31 Å². The summed E-state index contributed by atoms with van der Waals surface area (Å²) >= 11 is 0. The number of nitrogens with two attached hydrogens (primary N) is 1. The third-order valence-corrected chi connectivity index (χ3v) is 5.44. The predicted molar refractivity (Wildman–Crippen MR) is 81.1 cm³/mol. The third-order valence-electron chi connectivity index (χ3n) is 3.35. The molecule has 20 heavy (non-hydrogen) atoms. The maximum absolute atomic E-state index is 12.8. The Hall–Kier alpha value is -1.11. The topological polar surface area (TPSA) is 72.6 Å². The number of aryl methyl sites for hydroxylation is 1. The van der Waals surface area contributed by atoms with Gasteiger partial charge in [0.15, 0.2) is 0 Å². The average Bonchev–Trinajstić information content (AvgIpc) is 2.38. The molecule has 1 aromatic rings. The minimum atomic E-state index is -3.60. The minimum absolute atomic E-state index is 0.101. The molecule has 0 radical (unpaired) electrons. The van der Waals surface area contributed by atoms with Crippen LogP contribution in [0.5, 0.6) is 0 Å². The summed E-state index contributed by atoms with van der Waals surface area (Å²) in [7, 11) is -2.05. The lowest BCUT2D eigenvalue weighted by Crippen LogP contribution is -2.40. The van der Waals surface area contributed by atoms with E-state index in [1.54, 1.807) is 25.3 Å². The molecule has 0 amide bonds. The van der Waals surface area contributed by atoms with Gasteiger partial charge in [-0.3, -0.25) is 0 Å². The first-order chi connectivity index (χ1) is 9.34. The highest BCUT2D eigenvalue weighted by atomic mass is 32.2. The van der Waals surface area contributed by atoms with E-state index in [2.05, 4.69) is 0 Å². The van der Waals surface area contributed by atoms with E-state index in [0.29, 0.717) is 13.2 Å². The van der Waals surface area contributed by atoms with Gasteiger partial charge in [0.2, 0.25) is 10.0 Å². The molecule has 1 unspecified atom stereocenters. The van der Waals surface area contributed by atoms with E-state index in [0.717, 1.165) is 12.0 Å². The van der Waals surface area contributed by atoms with Gasteiger partial charge in [0, 0.05) is 19.7 Å². The normalized spacial score (nSPS) is 13.7. The van der Waals surface area contributed by atoms with Crippen molar-refractivity contribution in [3.8, 4) is 0 Å². The Morgan fingerprint density at radius 3 is 2.55 bits per heavy atom. The number of hydrogen-bond donors (Lipinski definition) is 1. The molecule has 1 rings (SSSR count). The highest BCUT2D eigenvalue weighted by molar-refractivity contribution is 7.89. The fourth-order valence-corrected chi connectivity index (χ4v) is 3.78. The van der Waals surface area contributed by atoms with Gasteiger partial charge in [-0.15, -0.1) is 0 Å². The molecule has 114 valence electrons. The van der Waals surface area contributed by atoms with Crippen molar-refractivity contribution >= 4 is 15.7 Å². The maximum Gasteiger partial charge on any atom is 0.245 e. The van der Waals surface area contributed by atoms with Crippen molar-refractivity contribution in [2.45, 2.75) is 38.1 Å². The summed E-state index contributed by atoms with van der Waals surface area (Å²) in [4.78, 5) is 0.166. The van der Waals surface area contributed by atoms with Crippen molar-refractivity contribution in [2.24, 2.45) is 0 Å². The summed E-state index contributed by atoms with van der Waals surface area (Å²) in [5.41, 5.74) is 7.10. The first kappa shape index (κ1) is 16.9. The van der Waals surface area contributed by atoms with E-state index in [1.807, 2.05) is 20.8 Å². The molecule has 0 heterocycles. The minimum Gasteiger partial charge on any atom is -0.398 e. The summed E-state index contributed by atoms with van der Waals surface area (Å²) in [6, 6.07) is 4.91. The van der Waals surface area contributed by atoms with E-state index >= 15 is 0 Å². The smallest absolute Gasteiger partial charge is 0.245 e. The highest BCUT2D eigenvalue weighted by Gasteiger charge is 2.29. The van der Waals surface area contributed by atoms with Crippen molar-refractivity contribution in [2.75, 3.05) is 26.0 Å². The Kier molecular flexibility index (Phi) is 5.98. The van der Waals surface area contributed by atoms with Crippen LogP contribution in [0.1, 0.15) is 25.8 Å². The van der Waals surface area contributed by atoms with Gasteiger partial charge >= 0.3 is 0 Å². The second-order valence-electron chi connectivity index (χ2n) is 4.91. The molecular formula is C14H24N2O3S. The van der Waals surface area contributed by atoms with Crippen LogP contribution in [0.4, 0.5) is 5.69 Å². The number of rotatable bonds is 7. The maximum atomic E-state index is 12.8. The second-order valence-corrected chi connectivity index (χ2v) is 6.77. The lowest BCUT2D eigenvalue weighted by atomic mass is 10.2. The Morgan fingerprint density at radius 2 is 2.05 bits per heavy atom. The predicted octanol–water partition coefficient (Wildman–Crippen LogP) is 2.01. The van der Waals surface area contributed by atoms with Crippen LogP contribution in [0, 0.1) is 6.92 Å². The van der Waals surface area contributed by atoms with Gasteiger partial charge in [-0.25, -0.2) is 8.42 Å². The fourth-order valence-electron chi connectivity index (χ4n) is 1.99. The van der Waals surface area contributed by atoms with Crippen molar-refractivity contribution in [1.82, 2.24) is 4.31 Å². The molecule has 1 atom stereocenters. The molecule has 0 aliphatic carbocycles. The third kappa shape index (κ3) is 3.71. The monoisotopic (exact) mass is 300 g/mol. The molecule has 0 bridgehead atoms. The summed E-state index contributed by atoms with van der Waals surface area (Å²) in [6.45, 7) is 6.40. The SMILES string of the molecule is CCC(C)N(CCOC)S(=O)(=O)c1ccc(C)cc1N. The van der Waals surface area contributed by atoms with E-state index in [9.17, 15) is 8.42 Å². The van der Waals surface area contributed by atoms with E-state index in [1.165, 1.54) is 4.31 Å². The molecule has 2 N–H and O–H groups in total. The Morgan fingerprint density at radius 1 is 1.40 bits per heavy atom. The van der Waals surface area contributed by atoms with Crippen LogP contribution in [0.25, 0.3) is 0 Å². The molecule has 0 fully saturated rings. The van der Waals surface area contributed by atoms with E-state index in [4.69, 9.17) is 10.5 Å². The van der Waals surface area contributed by atoms with Gasteiger partial charge < -0.3 is 10.5 Å². The number of anilines is 1. The zero-order chi connectivity index (χ0) is 15.3. The van der Waals surface area contributed by atoms with Crippen molar-refractivity contribution in [1.29, 1.82) is 0 Å². The number of methoxy groups -OCH3 is 1. The van der Waals surface area contributed by atoms with Crippen molar-refractivity contribution in [3.05, 3.63) is 23.8 Å². The van der Waals surface area contributed by atoms with Gasteiger partial charge in [0.05, 0.1) is 12.3 Å². The molecule has 6 heteroatoms. The Bertz CT molecular complexity index is 543. The lowest BCUT2D eigenvalue weighted by molar-refractivity contribution is 0.167. The first-order valence-electron chi connectivity index (χ1n) is 6.71. The molecule has 0 aromatic heterocycles. The summed E-state index contributed by atoms with van der Waals surface area (Å²) in [5.74, 6) is 0.